The molecule has 44 heavy (non-hydrogen) atoms. The molecule has 2 amide bonds. The molecule has 0 fully saturated rings. The molecule has 0 atom stereocenters. The number of hydrogen-bond donors (Lipinski definition) is 1. The van der Waals surface area contributed by atoms with E-state index in [9.17, 15) is 14.7 Å². The molecule has 1 heterocycles. The molecule has 0 unspecified atom stereocenters. The van der Waals surface area contributed by atoms with Crippen LogP contribution in [0.3, 0.4) is 0 Å². The zero-order valence-electron chi connectivity index (χ0n) is 27.3. The van der Waals surface area contributed by atoms with Gasteiger partial charge in [-0.25, -0.2) is 0 Å². The van der Waals surface area contributed by atoms with Crippen LogP contribution in [0.2, 0.25) is 0 Å². The first-order valence-corrected chi connectivity index (χ1v) is 16.2. The maximum Gasteiger partial charge on any atom is 0.261 e. The maximum atomic E-state index is 12.6. The van der Waals surface area contributed by atoms with Crippen molar-refractivity contribution in [1.82, 2.24) is 4.90 Å². The SMILES string of the molecule is CCC(O)(C#Cc1ccc(C(CC)(CC)c2ccc(OCCCCCN3C(=O)c4ccccc4C3=O)c(C)c2)cc1C)CC. The lowest BCUT2D eigenvalue weighted by atomic mass is 9.70. The fourth-order valence-corrected chi connectivity index (χ4v) is 6.23. The molecule has 5 heteroatoms. The highest BCUT2D eigenvalue weighted by Gasteiger charge is 2.34. The summed E-state index contributed by atoms with van der Waals surface area (Å²) in [5.41, 5.74) is 5.68. The van der Waals surface area contributed by atoms with Gasteiger partial charge in [0.1, 0.15) is 11.4 Å². The van der Waals surface area contributed by atoms with Crippen molar-refractivity contribution in [1.29, 1.82) is 0 Å². The predicted octanol–water partition coefficient (Wildman–Crippen LogP) is 8.16. The minimum atomic E-state index is -0.940. The summed E-state index contributed by atoms with van der Waals surface area (Å²) in [4.78, 5) is 26.5. The second kappa shape index (κ2) is 14.3. The summed E-state index contributed by atoms with van der Waals surface area (Å²) in [5.74, 6) is 6.83. The molecule has 3 aromatic rings. The molecule has 4 rings (SSSR count). The van der Waals surface area contributed by atoms with Crippen molar-refractivity contribution in [3.05, 3.63) is 99.6 Å². The molecular formula is C39H47NO4. The number of nitrogens with zero attached hydrogens (tertiary/aromatic N) is 1. The Labute approximate surface area is 263 Å². The molecular weight excluding hydrogens is 546 g/mol. The molecule has 0 spiro atoms. The van der Waals surface area contributed by atoms with Gasteiger partial charge in [0.25, 0.3) is 11.8 Å². The van der Waals surface area contributed by atoms with E-state index in [0.29, 0.717) is 37.1 Å². The summed E-state index contributed by atoms with van der Waals surface area (Å²) < 4.78 is 6.17. The average Bonchev–Trinajstić information content (AvgIpc) is 3.28. The van der Waals surface area contributed by atoms with E-state index >= 15 is 0 Å². The molecule has 1 aliphatic rings. The first-order valence-electron chi connectivity index (χ1n) is 16.2. The van der Waals surface area contributed by atoms with Crippen LogP contribution in [0.5, 0.6) is 5.75 Å². The number of imide groups is 1. The lowest BCUT2D eigenvalue weighted by Crippen LogP contribution is -2.30. The number of fused-ring (bicyclic) bond motifs is 1. The van der Waals surface area contributed by atoms with Gasteiger partial charge in [-0.2, -0.15) is 0 Å². The van der Waals surface area contributed by atoms with Gasteiger partial charge in [-0.3, -0.25) is 14.5 Å². The number of unbranched alkanes of at least 4 members (excludes halogenated alkanes) is 2. The standard InChI is InChI=1S/C39H47NO4/c1-7-38(43,8-2)23-22-30-18-19-31(26-28(30)5)39(9-3,10-4)32-20-21-35(29(6)27-32)44-25-15-11-14-24-40-36(41)33-16-12-13-17-34(33)37(40)42/h12-13,16-21,26-27,43H,7-11,14-15,24-25H2,1-6H3. The second-order valence-electron chi connectivity index (χ2n) is 12.0. The number of rotatable bonds is 13. The Morgan fingerprint density at radius 1 is 0.750 bits per heavy atom. The topological polar surface area (TPSA) is 66.8 Å². The molecule has 232 valence electrons. The Bertz CT molecular complexity index is 1520. The quantitative estimate of drug-likeness (QED) is 0.123. The number of aliphatic hydroxyl groups is 1. The van der Waals surface area contributed by atoms with Gasteiger partial charge in [-0.1, -0.05) is 75.9 Å². The first-order chi connectivity index (χ1) is 21.1. The van der Waals surface area contributed by atoms with Crippen molar-refractivity contribution >= 4 is 11.8 Å². The smallest absolute Gasteiger partial charge is 0.261 e. The van der Waals surface area contributed by atoms with Gasteiger partial charge in [0, 0.05) is 17.5 Å². The van der Waals surface area contributed by atoms with Crippen molar-refractivity contribution in [3.8, 4) is 17.6 Å². The van der Waals surface area contributed by atoms with Crippen LogP contribution in [0.25, 0.3) is 0 Å². The Hall–Kier alpha value is -3.88. The van der Waals surface area contributed by atoms with E-state index in [-0.39, 0.29) is 17.2 Å². The summed E-state index contributed by atoms with van der Waals surface area (Å²) in [5, 5.41) is 10.6. The van der Waals surface area contributed by atoms with E-state index in [0.717, 1.165) is 54.5 Å². The third-order valence-electron chi connectivity index (χ3n) is 9.48. The molecule has 0 aliphatic carbocycles. The molecule has 0 bridgehead atoms. The maximum absolute atomic E-state index is 12.6. The number of benzene rings is 3. The predicted molar refractivity (Wildman–Crippen MR) is 177 cm³/mol. The van der Waals surface area contributed by atoms with Crippen molar-refractivity contribution < 1.29 is 19.4 Å². The number of ether oxygens (including phenoxy) is 1. The third-order valence-corrected chi connectivity index (χ3v) is 9.48. The van der Waals surface area contributed by atoms with Gasteiger partial charge in [-0.05, 0) is 105 Å². The molecule has 5 nitrogen and oxygen atoms in total. The van der Waals surface area contributed by atoms with E-state index in [1.807, 2.05) is 13.8 Å². The van der Waals surface area contributed by atoms with E-state index < -0.39 is 5.60 Å². The van der Waals surface area contributed by atoms with Crippen LogP contribution in [0.15, 0.2) is 60.7 Å². The van der Waals surface area contributed by atoms with Gasteiger partial charge < -0.3 is 9.84 Å². The summed E-state index contributed by atoms with van der Waals surface area (Å²) in [7, 11) is 0. The third kappa shape index (κ3) is 6.76. The van der Waals surface area contributed by atoms with Crippen LogP contribution in [0.1, 0.15) is 121 Å². The van der Waals surface area contributed by atoms with Gasteiger partial charge in [0.15, 0.2) is 0 Å². The summed E-state index contributed by atoms with van der Waals surface area (Å²) >= 11 is 0. The number of hydrogen-bond acceptors (Lipinski definition) is 4. The van der Waals surface area contributed by atoms with Crippen molar-refractivity contribution in [2.75, 3.05) is 13.2 Å². The van der Waals surface area contributed by atoms with Crippen molar-refractivity contribution in [2.24, 2.45) is 0 Å². The summed E-state index contributed by atoms with van der Waals surface area (Å²) in [6.07, 6.45) is 5.62. The minimum absolute atomic E-state index is 0.127. The number of aryl methyl sites for hydroxylation is 2. The lowest BCUT2D eigenvalue weighted by molar-refractivity contribution is 0.0651. The fourth-order valence-electron chi connectivity index (χ4n) is 6.23. The van der Waals surface area contributed by atoms with Gasteiger partial charge in [0.2, 0.25) is 0 Å². The van der Waals surface area contributed by atoms with Gasteiger partial charge >= 0.3 is 0 Å². The zero-order chi connectivity index (χ0) is 31.9. The van der Waals surface area contributed by atoms with E-state index in [4.69, 9.17) is 4.74 Å². The van der Waals surface area contributed by atoms with Gasteiger partial charge in [0.05, 0.1) is 17.7 Å². The first kappa shape index (κ1) is 33.0. The Kier molecular flexibility index (Phi) is 10.7. The molecule has 3 aromatic carbocycles. The van der Waals surface area contributed by atoms with Gasteiger partial charge in [-0.15, -0.1) is 0 Å². The Morgan fingerprint density at radius 3 is 1.89 bits per heavy atom. The molecule has 0 saturated carbocycles. The van der Waals surface area contributed by atoms with E-state index in [1.54, 1.807) is 24.3 Å². The zero-order valence-corrected chi connectivity index (χ0v) is 27.3. The molecule has 0 saturated heterocycles. The lowest BCUT2D eigenvalue weighted by Gasteiger charge is -2.34. The molecule has 0 aromatic heterocycles. The average molecular weight is 594 g/mol. The summed E-state index contributed by atoms with van der Waals surface area (Å²) in [6.45, 7) is 13.6. The van der Waals surface area contributed by atoms with E-state index in [1.165, 1.54) is 16.0 Å². The second-order valence-corrected chi connectivity index (χ2v) is 12.0. The van der Waals surface area contributed by atoms with Crippen molar-refractivity contribution in [2.45, 2.75) is 97.5 Å². The summed E-state index contributed by atoms with van der Waals surface area (Å²) in [6, 6.07) is 20.1. The van der Waals surface area contributed by atoms with Crippen LogP contribution < -0.4 is 4.74 Å². The normalized spacial score (nSPS) is 13.1. The molecule has 0 radical (unpaired) electrons. The molecule has 1 aliphatic heterocycles. The number of carbonyl (C=O) groups is 2. The largest absolute Gasteiger partial charge is 0.493 e. The van der Waals surface area contributed by atoms with Crippen LogP contribution in [-0.4, -0.2) is 40.6 Å². The molecule has 1 N–H and O–H groups in total. The number of amides is 2. The highest BCUT2D eigenvalue weighted by atomic mass is 16.5. The Balaban J connectivity index is 1.37. The highest BCUT2D eigenvalue weighted by molar-refractivity contribution is 6.21. The van der Waals surface area contributed by atoms with E-state index in [2.05, 4.69) is 75.9 Å². The minimum Gasteiger partial charge on any atom is -0.493 e. The Morgan fingerprint density at radius 2 is 1.34 bits per heavy atom. The van der Waals surface area contributed by atoms with Crippen LogP contribution in [0.4, 0.5) is 0 Å². The van der Waals surface area contributed by atoms with Crippen molar-refractivity contribution in [3.63, 3.8) is 0 Å². The van der Waals surface area contributed by atoms with Crippen LogP contribution in [-0.2, 0) is 5.41 Å². The van der Waals surface area contributed by atoms with Crippen LogP contribution >= 0.6 is 0 Å². The highest BCUT2D eigenvalue weighted by Crippen LogP contribution is 2.41. The number of carbonyl (C=O) groups excluding carboxylic acids is 2. The fraction of sp³-hybridized carbons (Fsp3) is 0.436. The van der Waals surface area contributed by atoms with Crippen LogP contribution in [0, 0.1) is 25.7 Å². The monoisotopic (exact) mass is 593 g/mol.